The van der Waals surface area contributed by atoms with Gasteiger partial charge in [0, 0.05) is 43.3 Å². The van der Waals surface area contributed by atoms with Crippen molar-refractivity contribution in [2.75, 3.05) is 31.1 Å². The fourth-order valence-electron chi connectivity index (χ4n) is 4.14. The number of benzene rings is 1. The van der Waals surface area contributed by atoms with E-state index in [4.69, 9.17) is 0 Å². The molecule has 0 aromatic heterocycles. The van der Waals surface area contributed by atoms with E-state index in [-0.39, 0.29) is 11.8 Å². The van der Waals surface area contributed by atoms with Crippen molar-refractivity contribution in [3.63, 3.8) is 0 Å². The van der Waals surface area contributed by atoms with E-state index in [1.54, 1.807) is 4.90 Å². The summed E-state index contributed by atoms with van der Waals surface area (Å²) < 4.78 is 0. The molecule has 1 aromatic carbocycles. The maximum atomic E-state index is 12.4. The maximum Gasteiger partial charge on any atom is 0.251 e. The first-order chi connectivity index (χ1) is 12.7. The molecule has 3 rings (SSSR count). The summed E-state index contributed by atoms with van der Waals surface area (Å²) in [7, 11) is 0. The molecule has 0 bridgehead atoms. The molecule has 5 heteroatoms. The van der Waals surface area contributed by atoms with Gasteiger partial charge in [0.1, 0.15) is 0 Å². The summed E-state index contributed by atoms with van der Waals surface area (Å²) in [6.07, 6.45) is 7.65. The quantitative estimate of drug-likeness (QED) is 0.763. The van der Waals surface area contributed by atoms with Crippen molar-refractivity contribution in [2.45, 2.75) is 57.9 Å². The number of carbonyl (C=O) groups excluding carboxylic acids is 2. The molecule has 1 aromatic rings. The van der Waals surface area contributed by atoms with E-state index in [0.717, 1.165) is 31.6 Å². The van der Waals surface area contributed by atoms with Gasteiger partial charge in [-0.25, -0.2) is 0 Å². The van der Waals surface area contributed by atoms with Gasteiger partial charge in [-0.1, -0.05) is 19.4 Å². The molecule has 2 aliphatic heterocycles. The van der Waals surface area contributed by atoms with Crippen molar-refractivity contribution < 1.29 is 9.59 Å². The van der Waals surface area contributed by atoms with Crippen LogP contribution >= 0.6 is 0 Å². The first-order valence-corrected chi connectivity index (χ1v) is 10.1. The van der Waals surface area contributed by atoms with Gasteiger partial charge in [0.25, 0.3) is 5.91 Å². The SMILES string of the molecule is CCC1CCCCN1CCCNC(=O)c1cccc(N2CCCC2=O)c1. The average molecular weight is 357 g/mol. The number of nitrogens with one attached hydrogen (secondary N) is 1. The molecule has 142 valence electrons. The number of hydrogen-bond donors (Lipinski definition) is 1. The Morgan fingerprint density at radius 2 is 2.12 bits per heavy atom. The van der Waals surface area contributed by atoms with Gasteiger partial charge in [0.2, 0.25) is 5.91 Å². The molecule has 0 spiro atoms. The number of piperidine rings is 1. The number of carbonyl (C=O) groups is 2. The van der Waals surface area contributed by atoms with Crippen LogP contribution in [-0.2, 0) is 4.79 Å². The highest BCUT2D eigenvalue weighted by molar-refractivity contribution is 5.99. The highest BCUT2D eigenvalue weighted by Gasteiger charge is 2.22. The Balaban J connectivity index is 1.47. The third-order valence-corrected chi connectivity index (χ3v) is 5.62. The average Bonchev–Trinajstić information content (AvgIpc) is 3.11. The summed E-state index contributed by atoms with van der Waals surface area (Å²) in [6.45, 7) is 5.96. The normalized spacial score (nSPS) is 21.2. The van der Waals surface area contributed by atoms with E-state index in [0.29, 0.717) is 24.6 Å². The molecular weight excluding hydrogens is 326 g/mol. The van der Waals surface area contributed by atoms with Crippen LogP contribution in [0.25, 0.3) is 0 Å². The first-order valence-electron chi connectivity index (χ1n) is 10.1. The second-order valence-corrected chi connectivity index (χ2v) is 7.40. The molecule has 5 nitrogen and oxygen atoms in total. The Morgan fingerprint density at radius 1 is 1.23 bits per heavy atom. The van der Waals surface area contributed by atoms with E-state index in [1.165, 1.54) is 32.2 Å². The summed E-state index contributed by atoms with van der Waals surface area (Å²) in [5.74, 6) is 0.0961. The topological polar surface area (TPSA) is 52.7 Å². The summed E-state index contributed by atoms with van der Waals surface area (Å²) in [4.78, 5) is 28.7. The van der Waals surface area contributed by atoms with Crippen LogP contribution < -0.4 is 10.2 Å². The summed E-state index contributed by atoms with van der Waals surface area (Å²) >= 11 is 0. The number of amides is 2. The third-order valence-electron chi connectivity index (χ3n) is 5.62. The van der Waals surface area contributed by atoms with Crippen LogP contribution in [0.4, 0.5) is 5.69 Å². The van der Waals surface area contributed by atoms with E-state index in [2.05, 4.69) is 17.1 Å². The molecule has 0 radical (unpaired) electrons. The Bertz CT molecular complexity index is 631. The van der Waals surface area contributed by atoms with Crippen molar-refractivity contribution in [3.8, 4) is 0 Å². The molecule has 26 heavy (non-hydrogen) atoms. The fraction of sp³-hybridized carbons (Fsp3) is 0.619. The standard InChI is InChI=1S/C21H31N3O2/c1-2-18-9-3-4-13-23(18)14-7-12-22-21(26)17-8-5-10-19(16-17)24-15-6-11-20(24)25/h5,8,10,16,18H,2-4,6-7,9,11-15H2,1H3,(H,22,26). The van der Waals surface area contributed by atoms with E-state index in [9.17, 15) is 9.59 Å². The molecular formula is C21H31N3O2. The predicted molar refractivity (Wildman–Crippen MR) is 104 cm³/mol. The fourth-order valence-corrected chi connectivity index (χ4v) is 4.14. The Kier molecular flexibility index (Phi) is 6.67. The number of hydrogen-bond acceptors (Lipinski definition) is 3. The highest BCUT2D eigenvalue weighted by atomic mass is 16.2. The van der Waals surface area contributed by atoms with Gasteiger partial charge in [-0.2, -0.15) is 0 Å². The second-order valence-electron chi connectivity index (χ2n) is 7.40. The lowest BCUT2D eigenvalue weighted by Gasteiger charge is -2.35. The van der Waals surface area contributed by atoms with Crippen molar-refractivity contribution in [2.24, 2.45) is 0 Å². The minimum Gasteiger partial charge on any atom is -0.352 e. The predicted octanol–water partition coefficient (Wildman–Crippen LogP) is 3.20. The lowest BCUT2D eigenvalue weighted by molar-refractivity contribution is -0.117. The van der Waals surface area contributed by atoms with Gasteiger partial charge in [-0.3, -0.25) is 9.59 Å². The van der Waals surface area contributed by atoms with Gasteiger partial charge >= 0.3 is 0 Å². The zero-order valence-electron chi connectivity index (χ0n) is 15.9. The van der Waals surface area contributed by atoms with E-state index in [1.807, 2.05) is 24.3 Å². The zero-order valence-corrected chi connectivity index (χ0v) is 15.9. The van der Waals surface area contributed by atoms with Gasteiger partial charge in [-0.05, 0) is 56.8 Å². The number of nitrogens with zero attached hydrogens (tertiary/aromatic N) is 2. The second kappa shape index (κ2) is 9.17. The monoisotopic (exact) mass is 357 g/mol. The van der Waals surface area contributed by atoms with Crippen LogP contribution in [0.2, 0.25) is 0 Å². The lowest BCUT2D eigenvalue weighted by atomic mass is 10.00. The van der Waals surface area contributed by atoms with Gasteiger partial charge in [0.05, 0.1) is 0 Å². The zero-order chi connectivity index (χ0) is 18.4. The molecule has 2 heterocycles. The summed E-state index contributed by atoms with van der Waals surface area (Å²) in [6, 6.07) is 8.12. The van der Waals surface area contributed by atoms with E-state index >= 15 is 0 Å². The molecule has 2 saturated heterocycles. The molecule has 2 aliphatic rings. The third kappa shape index (κ3) is 4.64. The largest absolute Gasteiger partial charge is 0.352 e. The Labute approximate surface area is 156 Å². The summed E-state index contributed by atoms with van der Waals surface area (Å²) in [5, 5.41) is 3.03. The maximum absolute atomic E-state index is 12.4. The number of anilines is 1. The van der Waals surface area contributed by atoms with Crippen LogP contribution in [0.15, 0.2) is 24.3 Å². The highest BCUT2D eigenvalue weighted by Crippen LogP contribution is 2.22. The van der Waals surface area contributed by atoms with Gasteiger partial charge in [0.15, 0.2) is 0 Å². The molecule has 2 amide bonds. The number of rotatable bonds is 7. The Morgan fingerprint density at radius 3 is 2.88 bits per heavy atom. The van der Waals surface area contributed by atoms with Crippen LogP contribution in [0.1, 0.15) is 62.2 Å². The summed E-state index contributed by atoms with van der Waals surface area (Å²) in [5.41, 5.74) is 1.46. The smallest absolute Gasteiger partial charge is 0.251 e. The number of likely N-dealkylation sites (tertiary alicyclic amines) is 1. The van der Waals surface area contributed by atoms with Crippen LogP contribution in [0, 0.1) is 0 Å². The van der Waals surface area contributed by atoms with Gasteiger partial charge < -0.3 is 15.1 Å². The molecule has 0 aliphatic carbocycles. The lowest BCUT2D eigenvalue weighted by Crippen LogP contribution is -2.40. The molecule has 1 unspecified atom stereocenters. The van der Waals surface area contributed by atoms with Crippen LogP contribution in [-0.4, -0.2) is 48.9 Å². The van der Waals surface area contributed by atoms with Crippen molar-refractivity contribution in [1.29, 1.82) is 0 Å². The van der Waals surface area contributed by atoms with Crippen LogP contribution in [0.3, 0.4) is 0 Å². The first kappa shape index (κ1) is 18.9. The van der Waals surface area contributed by atoms with Crippen molar-refractivity contribution >= 4 is 17.5 Å². The van der Waals surface area contributed by atoms with E-state index < -0.39 is 0 Å². The minimum atomic E-state index is -0.0517. The van der Waals surface area contributed by atoms with Crippen LogP contribution in [0.5, 0.6) is 0 Å². The van der Waals surface area contributed by atoms with Gasteiger partial charge in [-0.15, -0.1) is 0 Å². The molecule has 0 saturated carbocycles. The molecule has 2 fully saturated rings. The molecule has 1 atom stereocenters. The van der Waals surface area contributed by atoms with Crippen molar-refractivity contribution in [1.82, 2.24) is 10.2 Å². The van der Waals surface area contributed by atoms with Crippen molar-refractivity contribution in [3.05, 3.63) is 29.8 Å². The minimum absolute atomic E-state index is 0.0517. The Hall–Kier alpha value is -1.88. The molecule has 1 N–H and O–H groups in total.